The second-order valence-electron chi connectivity index (χ2n) is 4.87. The average Bonchev–Trinajstić information content (AvgIpc) is 2.41. The summed E-state index contributed by atoms with van der Waals surface area (Å²) in [7, 11) is 0. The van der Waals surface area contributed by atoms with Crippen molar-refractivity contribution in [3.63, 3.8) is 0 Å². The smallest absolute Gasteiger partial charge is 0.126 e. The first-order chi connectivity index (χ1) is 9.21. The number of benzene rings is 1. The molecule has 2 atom stereocenters. The van der Waals surface area contributed by atoms with Crippen LogP contribution in [0.15, 0.2) is 24.3 Å². The van der Waals surface area contributed by atoms with Crippen LogP contribution < -0.4 is 10.1 Å². The summed E-state index contributed by atoms with van der Waals surface area (Å²) in [4.78, 5) is 0. The van der Waals surface area contributed by atoms with Gasteiger partial charge in [-0.05, 0) is 37.9 Å². The van der Waals surface area contributed by atoms with Gasteiger partial charge < -0.3 is 10.1 Å². The van der Waals surface area contributed by atoms with Gasteiger partial charge in [-0.2, -0.15) is 0 Å². The Labute approximate surface area is 116 Å². The number of ether oxygens (including phenoxy) is 1. The normalized spacial score (nSPS) is 14.1. The maximum Gasteiger partial charge on any atom is 0.126 e. The lowest BCUT2D eigenvalue weighted by atomic mass is 10.0. The molecule has 0 aliphatic carbocycles. The van der Waals surface area contributed by atoms with Gasteiger partial charge in [0, 0.05) is 12.1 Å². The lowest BCUT2D eigenvalue weighted by Gasteiger charge is -2.28. The van der Waals surface area contributed by atoms with Crippen molar-refractivity contribution in [1.82, 2.24) is 5.32 Å². The summed E-state index contributed by atoms with van der Waals surface area (Å²) >= 11 is 0. The summed E-state index contributed by atoms with van der Waals surface area (Å²) in [5.41, 5.74) is 0. The molecule has 0 heterocycles. The monoisotopic (exact) mass is 267 g/mol. The molecule has 0 bridgehead atoms. The molecule has 0 aliphatic heterocycles. The molecular formula is C16H26FNO. The molecule has 2 unspecified atom stereocenters. The van der Waals surface area contributed by atoms with Gasteiger partial charge in [0.25, 0.3) is 0 Å². The first-order valence-corrected chi connectivity index (χ1v) is 7.36. The van der Waals surface area contributed by atoms with Crippen LogP contribution in [-0.4, -0.2) is 18.7 Å². The molecular weight excluding hydrogens is 241 g/mol. The maximum atomic E-state index is 13.2. The molecule has 0 fully saturated rings. The standard InChI is InChI=1S/C16H26FNO/c1-4-8-15(18-11-5-2)16(6-3)19-14-10-7-9-13(17)12-14/h7,9-10,12,15-16,18H,4-6,8,11H2,1-3H3. The van der Waals surface area contributed by atoms with Crippen LogP contribution in [0.1, 0.15) is 46.5 Å². The highest BCUT2D eigenvalue weighted by molar-refractivity contribution is 5.22. The van der Waals surface area contributed by atoms with E-state index < -0.39 is 0 Å². The highest BCUT2D eigenvalue weighted by Crippen LogP contribution is 2.18. The van der Waals surface area contributed by atoms with E-state index in [9.17, 15) is 4.39 Å². The third-order valence-electron chi connectivity index (χ3n) is 3.19. The Balaban J connectivity index is 2.67. The van der Waals surface area contributed by atoms with Gasteiger partial charge in [-0.25, -0.2) is 4.39 Å². The fourth-order valence-electron chi connectivity index (χ4n) is 2.23. The Morgan fingerprint density at radius 1 is 1.21 bits per heavy atom. The molecule has 0 spiro atoms. The molecule has 19 heavy (non-hydrogen) atoms. The van der Waals surface area contributed by atoms with Gasteiger partial charge in [0.2, 0.25) is 0 Å². The quantitative estimate of drug-likeness (QED) is 0.725. The van der Waals surface area contributed by atoms with Crippen molar-refractivity contribution in [3.8, 4) is 5.75 Å². The average molecular weight is 267 g/mol. The van der Waals surface area contributed by atoms with E-state index in [4.69, 9.17) is 4.74 Å². The Morgan fingerprint density at radius 3 is 2.58 bits per heavy atom. The molecule has 1 aromatic carbocycles. The van der Waals surface area contributed by atoms with Crippen LogP contribution in [-0.2, 0) is 0 Å². The van der Waals surface area contributed by atoms with Crippen molar-refractivity contribution in [3.05, 3.63) is 30.1 Å². The molecule has 1 aromatic rings. The van der Waals surface area contributed by atoms with Gasteiger partial charge in [0.05, 0.1) is 0 Å². The molecule has 0 saturated carbocycles. The van der Waals surface area contributed by atoms with E-state index >= 15 is 0 Å². The molecule has 1 rings (SSSR count). The van der Waals surface area contributed by atoms with Gasteiger partial charge in [-0.15, -0.1) is 0 Å². The van der Waals surface area contributed by atoms with Crippen molar-refractivity contribution in [1.29, 1.82) is 0 Å². The minimum atomic E-state index is -0.249. The second kappa shape index (κ2) is 8.92. The second-order valence-corrected chi connectivity index (χ2v) is 4.87. The van der Waals surface area contributed by atoms with Gasteiger partial charge in [-0.1, -0.05) is 33.3 Å². The largest absolute Gasteiger partial charge is 0.489 e. The van der Waals surface area contributed by atoms with Crippen LogP contribution in [0.3, 0.4) is 0 Å². The van der Waals surface area contributed by atoms with Crippen molar-refractivity contribution in [2.75, 3.05) is 6.54 Å². The maximum absolute atomic E-state index is 13.2. The molecule has 0 amide bonds. The third-order valence-corrected chi connectivity index (χ3v) is 3.19. The van der Waals surface area contributed by atoms with E-state index in [0.29, 0.717) is 11.8 Å². The topological polar surface area (TPSA) is 21.3 Å². The fraction of sp³-hybridized carbons (Fsp3) is 0.625. The predicted octanol–water partition coefficient (Wildman–Crippen LogP) is 4.15. The van der Waals surface area contributed by atoms with Crippen molar-refractivity contribution in [2.24, 2.45) is 0 Å². The predicted molar refractivity (Wildman–Crippen MR) is 78.1 cm³/mol. The highest BCUT2D eigenvalue weighted by Gasteiger charge is 2.20. The zero-order valence-electron chi connectivity index (χ0n) is 12.3. The number of rotatable bonds is 9. The summed E-state index contributed by atoms with van der Waals surface area (Å²) < 4.78 is 19.1. The van der Waals surface area contributed by atoms with Gasteiger partial charge in [-0.3, -0.25) is 0 Å². The third kappa shape index (κ3) is 5.60. The first-order valence-electron chi connectivity index (χ1n) is 7.36. The van der Waals surface area contributed by atoms with E-state index in [1.54, 1.807) is 6.07 Å². The zero-order valence-corrected chi connectivity index (χ0v) is 12.3. The van der Waals surface area contributed by atoms with Crippen molar-refractivity contribution >= 4 is 0 Å². The Hall–Kier alpha value is -1.09. The Bertz CT molecular complexity index is 356. The minimum Gasteiger partial charge on any atom is -0.489 e. The molecule has 0 saturated heterocycles. The van der Waals surface area contributed by atoms with Crippen LogP contribution >= 0.6 is 0 Å². The molecule has 3 heteroatoms. The molecule has 2 nitrogen and oxygen atoms in total. The van der Waals surface area contributed by atoms with Gasteiger partial charge in [0.15, 0.2) is 0 Å². The van der Waals surface area contributed by atoms with Crippen LogP contribution in [0, 0.1) is 5.82 Å². The summed E-state index contributed by atoms with van der Waals surface area (Å²) in [6, 6.07) is 6.72. The van der Waals surface area contributed by atoms with Gasteiger partial charge in [0.1, 0.15) is 17.7 Å². The molecule has 108 valence electrons. The number of halogens is 1. The first kappa shape index (κ1) is 16.0. The van der Waals surface area contributed by atoms with E-state index in [-0.39, 0.29) is 11.9 Å². The van der Waals surface area contributed by atoms with E-state index in [0.717, 1.165) is 32.2 Å². The van der Waals surface area contributed by atoms with Crippen molar-refractivity contribution < 1.29 is 9.13 Å². The van der Waals surface area contributed by atoms with Crippen LogP contribution in [0.4, 0.5) is 4.39 Å². The molecule has 0 radical (unpaired) electrons. The molecule has 0 aromatic heterocycles. The fourth-order valence-corrected chi connectivity index (χ4v) is 2.23. The van der Waals surface area contributed by atoms with E-state index in [1.807, 2.05) is 6.07 Å². The Kier molecular flexibility index (Phi) is 7.49. The van der Waals surface area contributed by atoms with Crippen LogP contribution in [0.5, 0.6) is 5.75 Å². The molecule has 1 N–H and O–H groups in total. The van der Waals surface area contributed by atoms with Crippen LogP contribution in [0.25, 0.3) is 0 Å². The summed E-state index contributed by atoms with van der Waals surface area (Å²) in [5.74, 6) is 0.368. The van der Waals surface area contributed by atoms with E-state index in [1.165, 1.54) is 12.1 Å². The van der Waals surface area contributed by atoms with Gasteiger partial charge >= 0.3 is 0 Å². The zero-order chi connectivity index (χ0) is 14.1. The summed E-state index contributed by atoms with van der Waals surface area (Å²) in [5, 5.41) is 3.54. The SMILES string of the molecule is CCCNC(CCC)C(CC)Oc1cccc(F)c1. The lowest BCUT2D eigenvalue weighted by molar-refractivity contribution is 0.142. The van der Waals surface area contributed by atoms with E-state index in [2.05, 4.69) is 26.1 Å². The number of nitrogens with one attached hydrogen (secondary N) is 1. The summed E-state index contributed by atoms with van der Waals surface area (Å²) in [6.45, 7) is 7.44. The number of hydrogen-bond acceptors (Lipinski definition) is 2. The Morgan fingerprint density at radius 2 is 2.00 bits per heavy atom. The minimum absolute atomic E-state index is 0.0910. The molecule has 0 aliphatic rings. The van der Waals surface area contributed by atoms with Crippen molar-refractivity contribution in [2.45, 2.75) is 58.6 Å². The van der Waals surface area contributed by atoms with Crippen LogP contribution in [0.2, 0.25) is 0 Å². The lowest BCUT2D eigenvalue weighted by Crippen LogP contribution is -2.43. The number of hydrogen-bond donors (Lipinski definition) is 1. The summed E-state index contributed by atoms with van der Waals surface area (Å²) in [6.07, 6.45) is 4.31. The highest BCUT2D eigenvalue weighted by atomic mass is 19.1.